The molecule has 0 aromatic carbocycles. The summed E-state index contributed by atoms with van der Waals surface area (Å²) >= 11 is 0. The summed E-state index contributed by atoms with van der Waals surface area (Å²) in [5.74, 6) is 2.54. The molecule has 3 atom stereocenters. The van der Waals surface area contributed by atoms with E-state index in [1.54, 1.807) is 0 Å². The largest absolute Gasteiger partial charge is 0.341 e. The fraction of sp³-hybridized carbons (Fsp3) is 0.923. The van der Waals surface area contributed by atoms with Gasteiger partial charge < -0.3 is 10.2 Å². The second-order valence-electron chi connectivity index (χ2n) is 5.76. The van der Waals surface area contributed by atoms with Crippen LogP contribution < -0.4 is 5.32 Å². The number of likely N-dealkylation sites (N-methyl/N-ethyl adjacent to an activating group) is 1. The van der Waals surface area contributed by atoms with Crippen LogP contribution in [0.4, 0.5) is 0 Å². The third kappa shape index (κ3) is 1.97. The van der Waals surface area contributed by atoms with Gasteiger partial charge in [-0.05, 0) is 51.0 Å². The molecule has 90 valence electrons. The number of nitrogens with zero attached hydrogens (tertiary/aromatic N) is 1. The number of carbonyl (C=O) groups is 1. The van der Waals surface area contributed by atoms with E-state index < -0.39 is 0 Å². The highest BCUT2D eigenvalue weighted by Crippen LogP contribution is 2.54. The summed E-state index contributed by atoms with van der Waals surface area (Å²) in [6, 6.07) is 0.524. The van der Waals surface area contributed by atoms with Crippen molar-refractivity contribution in [2.45, 2.75) is 38.1 Å². The van der Waals surface area contributed by atoms with Crippen molar-refractivity contribution in [3.63, 3.8) is 0 Å². The van der Waals surface area contributed by atoms with Gasteiger partial charge in [0.05, 0.1) is 0 Å². The number of hydrogen-bond donors (Lipinski definition) is 1. The van der Waals surface area contributed by atoms with Crippen LogP contribution >= 0.6 is 0 Å². The minimum Gasteiger partial charge on any atom is -0.341 e. The molecule has 3 fully saturated rings. The van der Waals surface area contributed by atoms with Crippen molar-refractivity contribution in [1.82, 2.24) is 10.2 Å². The molecular formula is C13H22N2O. The second kappa shape index (κ2) is 4.02. The molecule has 0 spiro atoms. The van der Waals surface area contributed by atoms with Crippen molar-refractivity contribution in [1.29, 1.82) is 0 Å². The van der Waals surface area contributed by atoms with Crippen molar-refractivity contribution < 1.29 is 4.79 Å². The highest BCUT2D eigenvalue weighted by molar-refractivity contribution is 5.82. The van der Waals surface area contributed by atoms with Crippen LogP contribution in [-0.4, -0.2) is 37.0 Å². The Morgan fingerprint density at radius 3 is 2.81 bits per heavy atom. The molecule has 2 aliphatic carbocycles. The summed E-state index contributed by atoms with van der Waals surface area (Å²) in [5.41, 5.74) is 0. The zero-order chi connectivity index (χ0) is 11.1. The molecule has 3 nitrogen and oxygen atoms in total. The Kier molecular flexibility index (Phi) is 2.66. The number of likely N-dealkylation sites (tertiary alicyclic amines) is 1. The zero-order valence-electron chi connectivity index (χ0n) is 10.1. The smallest absolute Gasteiger partial charge is 0.226 e. The first-order valence-corrected chi connectivity index (χ1v) is 6.75. The quantitative estimate of drug-likeness (QED) is 0.779. The maximum Gasteiger partial charge on any atom is 0.226 e. The Morgan fingerprint density at radius 1 is 1.31 bits per heavy atom. The summed E-state index contributed by atoms with van der Waals surface area (Å²) in [5, 5.41) is 3.30. The van der Waals surface area contributed by atoms with Gasteiger partial charge in [-0.15, -0.1) is 0 Å². The predicted octanol–water partition coefficient (Wildman–Crippen LogP) is 1.24. The molecule has 0 bridgehead atoms. The van der Waals surface area contributed by atoms with E-state index in [9.17, 15) is 4.79 Å². The molecule has 3 heteroatoms. The fourth-order valence-electron chi connectivity index (χ4n) is 3.19. The summed E-state index contributed by atoms with van der Waals surface area (Å²) in [6.07, 6.45) is 6.33. The van der Waals surface area contributed by atoms with Crippen LogP contribution in [0.2, 0.25) is 0 Å². The van der Waals surface area contributed by atoms with Gasteiger partial charge >= 0.3 is 0 Å². The first-order chi connectivity index (χ1) is 7.79. The van der Waals surface area contributed by atoms with E-state index >= 15 is 0 Å². The maximum absolute atomic E-state index is 12.3. The van der Waals surface area contributed by atoms with Gasteiger partial charge in [0.15, 0.2) is 0 Å². The average molecular weight is 222 g/mol. The normalized spacial score (nSPS) is 38.6. The molecule has 2 saturated carbocycles. The molecule has 1 amide bonds. The zero-order valence-corrected chi connectivity index (χ0v) is 10.1. The Labute approximate surface area is 97.6 Å². The molecular weight excluding hydrogens is 200 g/mol. The van der Waals surface area contributed by atoms with E-state index in [1.165, 1.54) is 25.7 Å². The third-order valence-electron chi connectivity index (χ3n) is 4.53. The molecule has 0 aromatic heterocycles. The molecule has 1 saturated heterocycles. The molecule has 16 heavy (non-hydrogen) atoms. The van der Waals surface area contributed by atoms with E-state index in [-0.39, 0.29) is 0 Å². The molecule has 3 unspecified atom stereocenters. The van der Waals surface area contributed by atoms with E-state index in [0.717, 1.165) is 31.3 Å². The molecule has 1 N–H and O–H groups in total. The van der Waals surface area contributed by atoms with Crippen molar-refractivity contribution in [3.05, 3.63) is 0 Å². The van der Waals surface area contributed by atoms with Gasteiger partial charge in [0.2, 0.25) is 5.91 Å². The van der Waals surface area contributed by atoms with E-state index in [0.29, 0.717) is 17.9 Å². The van der Waals surface area contributed by atoms with Gasteiger partial charge in [0.1, 0.15) is 0 Å². The van der Waals surface area contributed by atoms with Crippen LogP contribution in [0.15, 0.2) is 0 Å². The van der Waals surface area contributed by atoms with E-state index in [2.05, 4.69) is 10.2 Å². The van der Waals surface area contributed by atoms with Gasteiger partial charge in [-0.1, -0.05) is 0 Å². The summed E-state index contributed by atoms with van der Waals surface area (Å²) < 4.78 is 0. The number of amides is 1. The standard InChI is InChI=1S/C13H22N2O/c1-14-10-3-2-6-15(8-10)13(16)12-7-11(12)9-4-5-9/h9-12,14H,2-8H2,1H3. The SMILES string of the molecule is CNC1CCCN(C(=O)C2CC2C2CC2)C1. The van der Waals surface area contributed by atoms with E-state index in [1.807, 2.05) is 7.05 Å². The Balaban J connectivity index is 1.54. The van der Waals surface area contributed by atoms with Crippen LogP contribution in [-0.2, 0) is 4.79 Å². The lowest BCUT2D eigenvalue weighted by Gasteiger charge is -2.32. The minimum absolute atomic E-state index is 0.406. The summed E-state index contributed by atoms with van der Waals surface area (Å²) in [6.45, 7) is 1.92. The number of rotatable bonds is 3. The number of nitrogens with one attached hydrogen (secondary N) is 1. The number of hydrogen-bond acceptors (Lipinski definition) is 2. The van der Waals surface area contributed by atoms with Crippen LogP contribution in [0.3, 0.4) is 0 Å². The monoisotopic (exact) mass is 222 g/mol. The van der Waals surface area contributed by atoms with Gasteiger partial charge in [0, 0.05) is 25.0 Å². The molecule has 1 aliphatic heterocycles. The molecule has 3 rings (SSSR count). The predicted molar refractivity (Wildman–Crippen MR) is 63.0 cm³/mol. The first kappa shape index (κ1) is 10.6. The van der Waals surface area contributed by atoms with Gasteiger partial charge in [-0.2, -0.15) is 0 Å². The third-order valence-corrected chi connectivity index (χ3v) is 4.53. The Bertz CT molecular complexity index is 288. The number of piperidine rings is 1. The molecule has 3 aliphatic rings. The van der Waals surface area contributed by atoms with Crippen molar-refractivity contribution >= 4 is 5.91 Å². The maximum atomic E-state index is 12.3. The van der Waals surface area contributed by atoms with Gasteiger partial charge in [-0.25, -0.2) is 0 Å². The van der Waals surface area contributed by atoms with Gasteiger partial charge in [-0.3, -0.25) is 4.79 Å². The topological polar surface area (TPSA) is 32.3 Å². The van der Waals surface area contributed by atoms with Crippen molar-refractivity contribution in [3.8, 4) is 0 Å². The van der Waals surface area contributed by atoms with E-state index in [4.69, 9.17) is 0 Å². The summed E-state index contributed by atoms with van der Waals surface area (Å²) in [7, 11) is 2.00. The first-order valence-electron chi connectivity index (χ1n) is 6.75. The Morgan fingerprint density at radius 2 is 2.12 bits per heavy atom. The average Bonchev–Trinajstić information content (AvgIpc) is 3.17. The lowest BCUT2D eigenvalue weighted by atomic mass is 10.0. The van der Waals surface area contributed by atoms with Gasteiger partial charge in [0.25, 0.3) is 0 Å². The minimum atomic E-state index is 0.406. The number of carbonyl (C=O) groups excluding carboxylic acids is 1. The summed E-state index contributed by atoms with van der Waals surface area (Å²) in [4.78, 5) is 14.4. The highest BCUT2D eigenvalue weighted by atomic mass is 16.2. The molecule has 0 aromatic rings. The lowest BCUT2D eigenvalue weighted by molar-refractivity contribution is -0.134. The van der Waals surface area contributed by atoms with Crippen LogP contribution in [0.25, 0.3) is 0 Å². The van der Waals surface area contributed by atoms with Crippen LogP contribution in [0, 0.1) is 17.8 Å². The van der Waals surface area contributed by atoms with Crippen molar-refractivity contribution in [2.24, 2.45) is 17.8 Å². The van der Waals surface area contributed by atoms with Crippen LogP contribution in [0.1, 0.15) is 32.1 Å². The molecule has 0 radical (unpaired) electrons. The second-order valence-corrected chi connectivity index (χ2v) is 5.76. The highest BCUT2D eigenvalue weighted by Gasteiger charge is 2.52. The lowest BCUT2D eigenvalue weighted by Crippen LogP contribution is -2.47. The molecule has 1 heterocycles. The Hall–Kier alpha value is -0.570. The van der Waals surface area contributed by atoms with Crippen molar-refractivity contribution in [2.75, 3.05) is 20.1 Å². The van der Waals surface area contributed by atoms with Crippen LogP contribution in [0.5, 0.6) is 0 Å². The fourth-order valence-corrected chi connectivity index (χ4v) is 3.19.